The number of carbonyl (C=O) groups is 3. The van der Waals surface area contributed by atoms with Crippen molar-refractivity contribution in [3.63, 3.8) is 0 Å². The van der Waals surface area contributed by atoms with Crippen LogP contribution in [0.2, 0.25) is 5.02 Å². The third kappa shape index (κ3) is 11.6. The first kappa shape index (κ1) is 33.1. The van der Waals surface area contributed by atoms with Crippen molar-refractivity contribution in [1.29, 1.82) is 0 Å². The van der Waals surface area contributed by atoms with Crippen molar-refractivity contribution in [3.8, 4) is 0 Å². The van der Waals surface area contributed by atoms with Crippen molar-refractivity contribution in [2.45, 2.75) is 53.5 Å². The van der Waals surface area contributed by atoms with E-state index < -0.39 is 29.3 Å². The molecule has 0 radical (unpaired) electrons. The minimum absolute atomic E-state index is 0.0192. The smallest absolute Gasteiger partial charge is 0.275 e. The van der Waals surface area contributed by atoms with E-state index in [4.69, 9.17) is 11.6 Å². The summed E-state index contributed by atoms with van der Waals surface area (Å²) >= 11 is 5.80. The van der Waals surface area contributed by atoms with Crippen LogP contribution in [0.1, 0.15) is 47.1 Å². The van der Waals surface area contributed by atoms with Crippen molar-refractivity contribution in [3.05, 3.63) is 59.2 Å². The molecule has 0 aliphatic rings. The van der Waals surface area contributed by atoms with Gasteiger partial charge in [-0.1, -0.05) is 24.3 Å². The molecule has 0 saturated heterocycles. The van der Waals surface area contributed by atoms with Crippen LogP contribution >= 0.6 is 11.6 Å². The molecule has 0 aromatic carbocycles. The van der Waals surface area contributed by atoms with Gasteiger partial charge in [0.25, 0.3) is 17.7 Å². The highest BCUT2D eigenvalue weighted by atomic mass is 35.5. The first-order valence-electron chi connectivity index (χ1n) is 11.9. The number of nitrogens with zero attached hydrogens (tertiary/aromatic N) is 3. The number of hydrogen-bond acceptors (Lipinski definition) is 7. The molecule has 0 spiro atoms. The Hall–Kier alpha value is -3.93. The lowest BCUT2D eigenvalue weighted by Gasteiger charge is -2.16. The van der Waals surface area contributed by atoms with Gasteiger partial charge in [-0.25, -0.2) is 13.8 Å². The molecule has 1 unspecified atom stereocenters. The monoisotopic (exact) mass is 565 g/mol. The van der Waals surface area contributed by atoms with Crippen molar-refractivity contribution >= 4 is 46.6 Å². The fourth-order valence-corrected chi connectivity index (χ4v) is 3.22. The number of anilines is 1. The Bertz CT molecular complexity index is 1200. The Balaban J connectivity index is 2.93. The third-order valence-electron chi connectivity index (χ3n) is 5.07. The lowest BCUT2D eigenvalue weighted by Crippen LogP contribution is -2.41. The fourth-order valence-electron chi connectivity index (χ4n) is 2.95. The van der Waals surface area contributed by atoms with Gasteiger partial charge in [-0.2, -0.15) is 0 Å². The van der Waals surface area contributed by atoms with E-state index in [0.717, 1.165) is 12.3 Å². The summed E-state index contributed by atoms with van der Waals surface area (Å²) in [4.78, 5) is 48.7. The fraction of sp³-hybridized carbons (Fsp3) is 0.385. The van der Waals surface area contributed by atoms with Gasteiger partial charge in [0.2, 0.25) is 5.91 Å². The van der Waals surface area contributed by atoms with Gasteiger partial charge in [-0.15, -0.1) is 0 Å². The van der Waals surface area contributed by atoms with Gasteiger partial charge >= 0.3 is 0 Å². The molecule has 0 saturated carbocycles. The van der Waals surface area contributed by atoms with E-state index >= 15 is 0 Å². The Morgan fingerprint density at radius 3 is 2.38 bits per heavy atom. The Kier molecular flexibility index (Phi) is 13.1. The van der Waals surface area contributed by atoms with Crippen LogP contribution in [-0.2, 0) is 20.3 Å². The molecule has 0 bridgehead atoms. The second-order valence-electron chi connectivity index (χ2n) is 8.45. The van der Waals surface area contributed by atoms with Crippen LogP contribution in [0.15, 0.2) is 58.6 Å². The van der Waals surface area contributed by atoms with E-state index in [9.17, 15) is 23.2 Å². The maximum atomic E-state index is 13.8. The average Bonchev–Trinajstić information content (AvgIpc) is 2.84. The first-order chi connectivity index (χ1) is 18.2. The molecule has 212 valence electrons. The van der Waals surface area contributed by atoms with Crippen molar-refractivity contribution in [2.75, 3.05) is 18.4 Å². The number of halogens is 3. The van der Waals surface area contributed by atoms with Crippen LogP contribution in [-0.4, -0.2) is 53.3 Å². The van der Waals surface area contributed by atoms with E-state index in [-0.39, 0.29) is 28.2 Å². The number of aliphatic imine (C=N–C) groups is 2. The highest BCUT2D eigenvalue weighted by Crippen LogP contribution is 2.33. The number of alkyl halides is 2. The maximum absolute atomic E-state index is 13.8. The van der Waals surface area contributed by atoms with Crippen molar-refractivity contribution < 1.29 is 23.2 Å². The van der Waals surface area contributed by atoms with E-state index in [1.165, 1.54) is 25.3 Å². The molecule has 0 aliphatic carbocycles. The number of hydrogen-bond donors (Lipinski definition) is 4. The van der Waals surface area contributed by atoms with E-state index in [1.807, 2.05) is 0 Å². The van der Waals surface area contributed by atoms with Gasteiger partial charge < -0.3 is 21.3 Å². The number of nitrogens with one attached hydrogen (secondary N) is 4. The van der Waals surface area contributed by atoms with Crippen LogP contribution in [0, 0.1) is 0 Å². The van der Waals surface area contributed by atoms with E-state index in [2.05, 4.69) is 42.8 Å². The molecule has 0 fully saturated rings. The second-order valence-corrected chi connectivity index (χ2v) is 8.86. The number of pyridine rings is 1. The predicted molar refractivity (Wildman–Crippen MR) is 150 cm³/mol. The Morgan fingerprint density at radius 1 is 1.18 bits per heavy atom. The number of amides is 3. The predicted octanol–water partition coefficient (Wildman–Crippen LogP) is 3.87. The van der Waals surface area contributed by atoms with E-state index in [1.54, 1.807) is 27.7 Å². The van der Waals surface area contributed by atoms with Gasteiger partial charge in [0, 0.05) is 56.3 Å². The summed E-state index contributed by atoms with van der Waals surface area (Å²) in [7, 11) is 0. The maximum Gasteiger partial charge on any atom is 0.275 e. The lowest BCUT2D eigenvalue weighted by molar-refractivity contribution is -0.119. The van der Waals surface area contributed by atoms with Gasteiger partial charge in [0.15, 0.2) is 0 Å². The topological polar surface area (TPSA) is 137 Å². The number of carbonyl (C=O) groups excluding carboxylic acids is 3. The highest BCUT2D eigenvalue weighted by molar-refractivity contribution is 6.44. The van der Waals surface area contributed by atoms with Crippen molar-refractivity contribution in [2.24, 2.45) is 9.98 Å². The highest BCUT2D eigenvalue weighted by Gasteiger charge is 2.28. The Labute approximate surface area is 231 Å². The number of allylic oxidation sites excluding steroid dienone is 2. The molecule has 10 nitrogen and oxygen atoms in total. The van der Waals surface area contributed by atoms with Gasteiger partial charge in [-0.05, 0) is 39.8 Å². The summed E-state index contributed by atoms with van der Waals surface area (Å²) in [5.41, 5.74) is 0.617. The molecule has 0 aliphatic heterocycles. The Morgan fingerprint density at radius 2 is 1.82 bits per heavy atom. The molecule has 1 atom stereocenters. The van der Waals surface area contributed by atoms with Gasteiger partial charge in [-0.3, -0.25) is 24.4 Å². The molecule has 1 aromatic rings. The largest absolute Gasteiger partial charge is 0.387 e. The summed E-state index contributed by atoms with van der Waals surface area (Å²) < 4.78 is 27.5. The van der Waals surface area contributed by atoms with E-state index in [0.29, 0.717) is 31.4 Å². The van der Waals surface area contributed by atoms with Crippen LogP contribution in [0.25, 0.3) is 0 Å². The minimum atomic E-state index is -3.23. The zero-order valence-corrected chi connectivity index (χ0v) is 23.5. The SMILES string of the molecule is C=CN=C(/C=C(\C)NCCNC(C)=O)C(=O)NC(C)C(C)=N/C(=C\C)C(=O)Nc1cc(C(C)(F)F)c(Cl)cn1. The second kappa shape index (κ2) is 15.5. The number of rotatable bonds is 13. The van der Waals surface area contributed by atoms with Gasteiger partial charge in [0.1, 0.15) is 17.2 Å². The zero-order valence-electron chi connectivity index (χ0n) is 22.8. The van der Waals surface area contributed by atoms with Crippen LogP contribution in [0.3, 0.4) is 0 Å². The summed E-state index contributed by atoms with van der Waals surface area (Å²) in [5, 5.41) is 10.7. The zero-order chi connectivity index (χ0) is 29.8. The first-order valence-corrected chi connectivity index (χ1v) is 12.3. The summed E-state index contributed by atoms with van der Waals surface area (Å²) in [6.45, 7) is 13.1. The third-order valence-corrected chi connectivity index (χ3v) is 5.37. The van der Waals surface area contributed by atoms with Crippen LogP contribution in [0.4, 0.5) is 14.6 Å². The molecule has 3 amide bonds. The van der Waals surface area contributed by atoms with Gasteiger partial charge in [0.05, 0.1) is 11.1 Å². The summed E-state index contributed by atoms with van der Waals surface area (Å²) in [6, 6.07) is 0.396. The summed E-state index contributed by atoms with van der Waals surface area (Å²) in [6.07, 6.45) is 5.22. The molecular weight excluding hydrogens is 532 g/mol. The number of aromatic nitrogens is 1. The standard InChI is InChI=1S/C26H34ClF2N7O3/c1-8-21(24(38)36-23-13-19(26(7,28)29)20(27)14-33-23)34-16(4)17(5)35-25(39)22(30-9-2)12-15(3)31-10-11-32-18(6)37/h8-9,12-14,17,31H,2,10-11H2,1,3-7H3,(H,32,37)(H,35,39)(H,33,36,38)/b15-12+,21-8-,30-22?,34-16?. The molecule has 1 aromatic heterocycles. The molecule has 1 rings (SSSR count). The molecule has 13 heteroatoms. The van der Waals surface area contributed by atoms with Crippen LogP contribution < -0.4 is 21.3 Å². The summed E-state index contributed by atoms with van der Waals surface area (Å²) in [5.74, 6) is -4.69. The minimum Gasteiger partial charge on any atom is -0.387 e. The lowest BCUT2D eigenvalue weighted by atomic mass is 10.1. The molecule has 4 N–H and O–H groups in total. The molecular formula is C26H34ClF2N7O3. The molecule has 1 heterocycles. The van der Waals surface area contributed by atoms with Crippen molar-refractivity contribution in [1.82, 2.24) is 20.9 Å². The average molecular weight is 566 g/mol. The van der Waals surface area contributed by atoms with Crippen LogP contribution in [0.5, 0.6) is 0 Å². The quantitative estimate of drug-likeness (QED) is 0.163. The normalized spacial score (nSPS) is 13.9. The molecule has 39 heavy (non-hydrogen) atoms.